The minimum atomic E-state index is -0.286. The summed E-state index contributed by atoms with van der Waals surface area (Å²) in [6.07, 6.45) is 0.784. The zero-order valence-corrected chi connectivity index (χ0v) is 19.2. The van der Waals surface area contributed by atoms with Gasteiger partial charge in [-0.3, -0.25) is 4.79 Å². The summed E-state index contributed by atoms with van der Waals surface area (Å²) in [4.78, 5) is 32.5. The van der Waals surface area contributed by atoms with E-state index in [0.29, 0.717) is 22.8 Å². The highest BCUT2D eigenvalue weighted by Gasteiger charge is 2.17. The first kappa shape index (κ1) is 22.8. The standard InChI is InChI=1S/C24H29ClN4O2/c1-16-12-18-14-19(23(30)26-22(18)13-17(16)2)15-29(11-7-10-28(3)4)24(31)27-21-9-6-5-8-20(21)25/h5-6,8-9,12-14H,7,10-11,15H2,1-4H3,(H,26,30)(H,27,31). The fourth-order valence-corrected chi connectivity index (χ4v) is 3.62. The van der Waals surface area contributed by atoms with Crippen molar-refractivity contribution in [1.82, 2.24) is 14.8 Å². The molecule has 3 rings (SSSR count). The van der Waals surface area contributed by atoms with Gasteiger partial charge in [-0.1, -0.05) is 23.7 Å². The largest absolute Gasteiger partial charge is 0.322 e. The number of H-pyrrole nitrogens is 1. The van der Waals surface area contributed by atoms with Crippen LogP contribution in [0.15, 0.2) is 47.3 Å². The molecule has 2 amide bonds. The number of carbonyl (C=O) groups is 1. The third kappa shape index (κ3) is 5.87. The number of carbonyl (C=O) groups excluding carboxylic acids is 1. The van der Waals surface area contributed by atoms with Gasteiger partial charge >= 0.3 is 6.03 Å². The number of fused-ring (bicyclic) bond motifs is 1. The maximum Gasteiger partial charge on any atom is 0.322 e. The molecule has 1 heterocycles. The molecule has 164 valence electrons. The van der Waals surface area contributed by atoms with Gasteiger partial charge in [0.2, 0.25) is 0 Å². The number of aromatic nitrogens is 1. The molecule has 2 N–H and O–H groups in total. The van der Waals surface area contributed by atoms with E-state index >= 15 is 0 Å². The van der Waals surface area contributed by atoms with Crippen molar-refractivity contribution in [2.75, 3.05) is 32.5 Å². The van der Waals surface area contributed by atoms with Crippen LogP contribution in [0, 0.1) is 13.8 Å². The molecule has 0 atom stereocenters. The Bertz CT molecular complexity index is 1140. The summed E-state index contributed by atoms with van der Waals surface area (Å²) in [6.45, 7) is 5.62. The number of aryl methyl sites for hydroxylation is 2. The first-order chi connectivity index (χ1) is 14.7. The molecule has 3 aromatic rings. The summed E-state index contributed by atoms with van der Waals surface area (Å²) in [5.41, 5.74) is 4.00. The zero-order chi connectivity index (χ0) is 22.5. The lowest BCUT2D eigenvalue weighted by molar-refractivity contribution is 0.205. The molecule has 1 aromatic heterocycles. The smallest absolute Gasteiger partial charge is 0.322 e. The van der Waals surface area contributed by atoms with E-state index in [1.807, 2.05) is 52.2 Å². The predicted molar refractivity (Wildman–Crippen MR) is 128 cm³/mol. The van der Waals surface area contributed by atoms with Crippen molar-refractivity contribution >= 4 is 34.2 Å². The highest BCUT2D eigenvalue weighted by atomic mass is 35.5. The van der Waals surface area contributed by atoms with Crippen LogP contribution in [0.1, 0.15) is 23.1 Å². The molecular weight excluding hydrogens is 412 g/mol. The van der Waals surface area contributed by atoms with Gasteiger partial charge in [0.25, 0.3) is 5.56 Å². The molecule has 0 unspecified atom stereocenters. The van der Waals surface area contributed by atoms with Crippen molar-refractivity contribution in [1.29, 1.82) is 0 Å². The Morgan fingerprint density at radius 3 is 2.48 bits per heavy atom. The number of para-hydroxylation sites is 1. The average Bonchev–Trinajstić information content (AvgIpc) is 2.70. The molecule has 31 heavy (non-hydrogen) atoms. The van der Waals surface area contributed by atoms with E-state index in [9.17, 15) is 9.59 Å². The van der Waals surface area contributed by atoms with Crippen LogP contribution in [0.2, 0.25) is 5.02 Å². The van der Waals surface area contributed by atoms with Crippen LogP contribution in [-0.2, 0) is 6.54 Å². The molecule has 7 heteroatoms. The molecule has 0 bridgehead atoms. The number of anilines is 1. The van der Waals surface area contributed by atoms with Crippen LogP contribution < -0.4 is 10.9 Å². The summed E-state index contributed by atoms with van der Waals surface area (Å²) < 4.78 is 0. The van der Waals surface area contributed by atoms with Gasteiger partial charge in [0, 0.05) is 17.6 Å². The molecule has 0 aliphatic heterocycles. The van der Waals surface area contributed by atoms with Crippen LogP contribution in [0.3, 0.4) is 0 Å². The van der Waals surface area contributed by atoms with Gasteiger partial charge in [-0.15, -0.1) is 0 Å². The van der Waals surface area contributed by atoms with E-state index in [4.69, 9.17) is 11.6 Å². The first-order valence-electron chi connectivity index (χ1n) is 10.3. The number of nitrogens with one attached hydrogen (secondary N) is 2. The minimum Gasteiger partial charge on any atom is -0.322 e. The highest BCUT2D eigenvalue weighted by Crippen LogP contribution is 2.22. The Morgan fingerprint density at radius 2 is 1.77 bits per heavy atom. The van der Waals surface area contributed by atoms with Gasteiger partial charge in [-0.05, 0) is 87.8 Å². The summed E-state index contributed by atoms with van der Waals surface area (Å²) in [6, 6.07) is 12.7. The Morgan fingerprint density at radius 1 is 1.06 bits per heavy atom. The van der Waals surface area contributed by atoms with E-state index < -0.39 is 0 Å². The van der Waals surface area contributed by atoms with Crippen LogP contribution in [0.4, 0.5) is 10.5 Å². The Labute approximate surface area is 187 Å². The Balaban J connectivity index is 1.87. The lowest BCUT2D eigenvalue weighted by Gasteiger charge is -2.24. The second kappa shape index (κ2) is 9.98. The second-order valence-corrected chi connectivity index (χ2v) is 8.54. The monoisotopic (exact) mass is 440 g/mol. The van der Waals surface area contributed by atoms with Crippen molar-refractivity contribution in [3.05, 3.63) is 74.5 Å². The number of urea groups is 1. The van der Waals surface area contributed by atoms with E-state index in [1.54, 1.807) is 17.0 Å². The predicted octanol–water partition coefficient (Wildman–Crippen LogP) is 4.78. The zero-order valence-electron chi connectivity index (χ0n) is 18.5. The van der Waals surface area contributed by atoms with Crippen molar-refractivity contribution in [2.24, 2.45) is 0 Å². The van der Waals surface area contributed by atoms with E-state index in [0.717, 1.165) is 35.0 Å². The number of halogens is 1. The summed E-state index contributed by atoms with van der Waals surface area (Å²) >= 11 is 6.20. The molecule has 0 saturated carbocycles. The first-order valence-corrected chi connectivity index (χ1v) is 10.7. The summed E-state index contributed by atoms with van der Waals surface area (Å²) in [7, 11) is 3.99. The van der Waals surface area contributed by atoms with Crippen LogP contribution in [-0.4, -0.2) is 48.0 Å². The number of aromatic amines is 1. The van der Waals surface area contributed by atoms with Crippen molar-refractivity contribution in [3.63, 3.8) is 0 Å². The molecule has 0 saturated heterocycles. The molecule has 0 radical (unpaired) electrons. The number of rotatable bonds is 7. The molecule has 2 aromatic carbocycles. The number of amides is 2. The van der Waals surface area contributed by atoms with Crippen LogP contribution in [0.5, 0.6) is 0 Å². The third-order valence-corrected chi connectivity index (χ3v) is 5.66. The second-order valence-electron chi connectivity index (χ2n) is 8.14. The highest BCUT2D eigenvalue weighted by molar-refractivity contribution is 6.33. The molecule has 6 nitrogen and oxygen atoms in total. The molecular formula is C24H29ClN4O2. The normalized spacial score (nSPS) is 11.2. The van der Waals surface area contributed by atoms with Gasteiger partial charge in [-0.25, -0.2) is 4.79 Å². The van der Waals surface area contributed by atoms with Gasteiger partial charge in [0.05, 0.1) is 17.3 Å². The summed E-state index contributed by atoms with van der Waals surface area (Å²) in [5.74, 6) is 0. The molecule has 0 spiro atoms. The number of hydrogen-bond acceptors (Lipinski definition) is 3. The Kier molecular flexibility index (Phi) is 7.36. The Hall–Kier alpha value is -2.83. The van der Waals surface area contributed by atoms with E-state index in [-0.39, 0.29) is 18.1 Å². The summed E-state index contributed by atoms with van der Waals surface area (Å²) in [5, 5.41) is 4.30. The number of benzene rings is 2. The number of hydrogen-bond donors (Lipinski definition) is 2. The van der Waals surface area contributed by atoms with Crippen molar-refractivity contribution in [3.8, 4) is 0 Å². The van der Waals surface area contributed by atoms with Gasteiger partial charge in [-0.2, -0.15) is 0 Å². The average molecular weight is 441 g/mol. The topological polar surface area (TPSA) is 68.4 Å². The van der Waals surface area contributed by atoms with Crippen LogP contribution in [0.25, 0.3) is 10.9 Å². The number of pyridine rings is 1. The van der Waals surface area contributed by atoms with E-state index in [2.05, 4.69) is 21.3 Å². The van der Waals surface area contributed by atoms with Crippen LogP contribution >= 0.6 is 11.6 Å². The minimum absolute atomic E-state index is 0.182. The fraction of sp³-hybridized carbons (Fsp3) is 0.333. The molecule has 0 aliphatic rings. The van der Waals surface area contributed by atoms with Gasteiger partial charge < -0.3 is 20.1 Å². The lowest BCUT2D eigenvalue weighted by Crippen LogP contribution is -2.37. The van der Waals surface area contributed by atoms with Gasteiger partial charge in [0.15, 0.2) is 0 Å². The SMILES string of the molecule is Cc1cc2cc(CN(CCCN(C)C)C(=O)Nc3ccccc3Cl)c(=O)[nH]c2cc1C. The quantitative estimate of drug-likeness (QED) is 0.555. The lowest BCUT2D eigenvalue weighted by atomic mass is 10.0. The molecule has 0 fully saturated rings. The fourth-order valence-electron chi connectivity index (χ4n) is 3.43. The van der Waals surface area contributed by atoms with E-state index in [1.165, 1.54) is 0 Å². The van der Waals surface area contributed by atoms with Crippen molar-refractivity contribution < 1.29 is 4.79 Å². The van der Waals surface area contributed by atoms with Gasteiger partial charge in [0.1, 0.15) is 0 Å². The maximum atomic E-state index is 13.0. The maximum absolute atomic E-state index is 13.0. The van der Waals surface area contributed by atoms with Crippen molar-refractivity contribution in [2.45, 2.75) is 26.8 Å². The number of nitrogens with zero attached hydrogens (tertiary/aromatic N) is 2. The third-order valence-electron chi connectivity index (χ3n) is 5.33. The molecule has 0 aliphatic carbocycles.